The van der Waals surface area contributed by atoms with E-state index in [1.807, 2.05) is 0 Å². The Hall–Kier alpha value is -0.540. The smallest absolute Gasteiger partial charge is 0.0408 e. The van der Waals surface area contributed by atoms with Crippen LogP contribution in [-0.4, -0.2) is 37.6 Å². The molecule has 1 atom stereocenters. The molecule has 1 fully saturated rings. The van der Waals surface area contributed by atoms with Crippen molar-refractivity contribution >= 4 is 21.6 Å². The zero-order valence-electron chi connectivity index (χ0n) is 10.7. The number of piperazine rings is 1. The van der Waals surface area contributed by atoms with Gasteiger partial charge in [0, 0.05) is 36.7 Å². The molecule has 94 valence electrons. The fourth-order valence-electron chi connectivity index (χ4n) is 2.54. The molecule has 1 aliphatic rings. The number of likely N-dealkylation sites (N-methyl/N-ethyl adjacent to an activating group) is 1. The normalized spacial score (nSPS) is 21.8. The van der Waals surface area contributed by atoms with Gasteiger partial charge in [0.2, 0.25) is 0 Å². The van der Waals surface area contributed by atoms with Gasteiger partial charge in [0.25, 0.3) is 0 Å². The second-order valence-corrected chi connectivity index (χ2v) is 5.31. The van der Waals surface area contributed by atoms with Crippen LogP contribution in [0.2, 0.25) is 0 Å². The summed E-state index contributed by atoms with van der Waals surface area (Å²) in [6.07, 6.45) is 1.23. The Labute approximate surface area is 113 Å². The number of hydrogen-bond donors (Lipinski definition) is 0. The summed E-state index contributed by atoms with van der Waals surface area (Å²) in [5.41, 5.74) is 2.79. The van der Waals surface area contributed by atoms with Crippen LogP contribution in [0.3, 0.4) is 0 Å². The molecule has 0 bridgehead atoms. The van der Waals surface area contributed by atoms with Gasteiger partial charge in [0.05, 0.1) is 0 Å². The second-order valence-electron chi connectivity index (χ2n) is 4.75. The fraction of sp³-hybridized carbons (Fsp3) is 0.571. The molecular weight excluding hydrogens is 276 g/mol. The summed E-state index contributed by atoms with van der Waals surface area (Å²) in [6, 6.07) is 9.40. The van der Waals surface area contributed by atoms with Gasteiger partial charge in [-0.1, -0.05) is 41.1 Å². The minimum absolute atomic E-state index is 0.687. The van der Waals surface area contributed by atoms with E-state index in [0.717, 1.165) is 25.0 Å². The van der Waals surface area contributed by atoms with Crippen LogP contribution in [-0.2, 0) is 5.33 Å². The maximum atomic E-state index is 3.58. The SMILES string of the molecule is CCC1CN(c2ccccc2CBr)CCN1C. The van der Waals surface area contributed by atoms with Crippen LogP contribution < -0.4 is 4.90 Å². The van der Waals surface area contributed by atoms with Gasteiger partial charge in [-0.15, -0.1) is 0 Å². The lowest BCUT2D eigenvalue weighted by Crippen LogP contribution is -2.51. The minimum atomic E-state index is 0.687. The van der Waals surface area contributed by atoms with E-state index in [-0.39, 0.29) is 0 Å². The maximum absolute atomic E-state index is 3.58. The molecule has 1 aromatic rings. The largest absolute Gasteiger partial charge is 0.368 e. The Bertz CT molecular complexity index is 367. The van der Waals surface area contributed by atoms with Crippen molar-refractivity contribution in [3.8, 4) is 0 Å². The predicted molar refractivity (Wildman–Crippen MR) is 78.0 cm³/mol. The van der Waals surface area contributed by atoms with E-state index in [1.165, 1.54) is 17.7 Å². The van der Waals surface area contributed by atoms with Crippen molar-refractivity contribution in [1.82, 2.24) is 4.90 Å². The number of hydrogen-bond acceptors (Lipinski definition) is 2. The van der Waals surface area contributed by atoms with E-state index in [2.05, 4.69) is 64.0 Å². The van der Waals surface area contributed by atoms with Crippen LogP contribution in [0.4, 0.5) is 5.69 Å². The summed E-state index contributed by atoms with van der Waals surface area (Å²) in [5, 5.41) is 0.937. The average Bonchev–Trinajstić information content (AvgIpc) is 2.39. The molecule has 0 N–H and O–H groups in total. The molecule has 2 nitrogen and oxygen atoms in total. The van der Waals surface area contributed by atoms with Gasteiger partial charge in [0.15, 0.2) is 0 Å². The van der Waals surface area contributed by atoms with Crippen LogP contribution in [0.15, 0.2) is 24.3 Å². The lowest BCUT2D eigenvalue weighted by Gasteiger charge is -2.41. The van der Waals surface area contributed by atoms with Crippen molar-refractivity contribution in [3.05, 3.63) is 29.8 Å². The number of anilines is 1. The van der Waals surface area contributed by atoms with E-state index < -0.39 is 0 Å². The van der Waals surface area contributed by atoms with Gasteiger partial charge >= 0.3 is 0 Å². The quantitative estimate of drug-likeness (QED) is 0.791. The van der Waals surface area contributed by atoms with Crippen molar-refractivity contribution in [2.75, 3.05) is 31.6 Å². The molecule has 0 amide bonds. The first kappa shape index (κ1) is 12.9. The molecule has 0 saturated carbocycles. The van der Waals surface area contributed by atoms with E-state index >= 15 is 0 Å². The standard InChI is InChI=1S/C14H21BrN2/c1-3-13-11-17(9-8-16(13)2)14-7-5-4-6-12(14)10-15/h4-7,13H,3,8-11H2,1-2H3. The highest BCUT2D eigenvalue weighted by Gasteiger charge is 2.23. The Morgan fingerprint density at radius 1 is 1.29 bits per heavy atom. The van der Waals surface area contributed by atoms with Gasteiger partial charge in [0.1, 0.15) is 0 Å². The van der Waals surface area contributed by atoms with Crippen LogP contribution in [0.1, 0.15) is 18.9 Å². The molecule has 3 heteroatoms. The number of nitrogens with zero attached hydrogens (tertiary/aromatic N) is 2. The Balaban J connectivity index is 2.17. The van der Waals surface area contributed by atoms with Crippen LogP contribution >= 0.6 is 15.9 Å². The molecule has 1 saturated heterocycles. The van der Waals surface area contributed by atoms with E-state index in [4.69, 9.17) is 0 Å². The van der Waals surface area contributed by atoms with E-state index in [1.54, 1.807) is 0 Å². The predicted octanol–water partition coefficient (Wildman–Crippen LogP) is 3.11. The van der Waals surface area contributed by atoms with Gasteiger partial charge in [-0.3, -0.25) is 4.90 Å². The molecule has 0 aliphatic carbocycles. The summed E-state index contributed by atoms with van der Waals surface area (Å²) in [5.74, 6) is 0. The number of alkyl halides is 1. The number of benzene rings is 1. The number of para-hydroxylation sites is 1. The van der Waals surface area contributed by atoms with Crippen molar-refractivity contribution in [2.45, 2.75) is 24.7 Å². The van der Waals surface area contributed by atoms with E-state index in [9.17, 15) is 0 Å². The third-order valence-corrected chi connectivity index (χ3v) is 4.33. The molecule has 0 spiro atoms. The highest BCUT2D eigenvalue weighted by molar-refractivity contribution is 9.08. The van der Waals surface area contributed by atoms with Crippen molar-refractivity contribution in [3.63, 3.8) is 0 Å². The van der Waals surface area contributed by atoms with Crippen LogP contribution in [0.5, 0.6) is 0 Å². The second kappa shape index (κ2) is 5.87. The maximum Gasteiger partial charge on any atom is 0.0408 e. The summed E-state index contributed by atoms with van der Waals surface area (Å²) in [6.45, 7) is 5.73. The lowest BCUT2D eigenvalue weighted by atomic mass is 10.1. The molecule has 1 aliphatic heterocycles. The van der Waals surface area contributed by atoms with Crippen molar-refractivity contribution in [2.24, 2.45) is 0 Å². The number of halogens is 1. The molecular formula is C14H21BrN2. The first-order valence-corrected chi connectivity index (χ1v) is 7.47. The summed E-state index contributed by atoms with van der Waals surface area (Å²) < 4.78 is 0. The minimum Gasteiger partial charge on any atom is -0.368 e. The zero-order valence-corrected chi connectivity index (χ0v) is 12.3. The van der Waals surface area contributed by atoms with Crippen LogP contribution in [0, 0.1) is 0 Å². The van der Waals surface area contributed by atoms with Gasteiger partial charge in [-0.2, -0.15) is 0 Å². The van der Waals surface area contributed by atoms with E-state index in [0.29, 0.717) is 6.04 Å². The third kappa shape index (κ3) is 2.83. The highest BCUT2D eigenvalue weighted by Crippen LogP contribution is 2.25. The molecule has 1 unspecified atom stereocenters. The molecule has 0 radical (unpaired) electrons. The number of rotatable bonds is 3. The zero-order chi connectivity index (χ0) is 12.3. The third-order valence-electron chi connectivity index (χ3n) is 3.72. The summed E-state index contributed by atoms with van der Waals surface area (Å²) >= 11 is 3.58. The Morgan fingerprint density at radius 2 is 2.06 bits per heavy atom. The summed E-state index contributed by atoms with van der Waals surface area (Å²) in [7, 11) is 2.24. The van der Waals surface area contributed by atoms with Crippen molar-refractivity contribution in [1.29, 1.82) is 0 Å². The summed E-state index contributed by atoms with van der Waals surface area (Å²) in [4.78, 5) is 5.01. The molecule has 1 aromatic carbocycles. The fourth-order valence-corrected chi connectivity index (χ4v) is 3.01. The first-order valence-electron chi connectivity index (χ1n) is 6.35. The molecule has 1 heterocycles. The first-order chi connectivity index (χ1) is 8.26. The highest BCUT2D eigenvalue weighted by atomic mass is 79.9. The molecule has 17 heavy (non-hydrogen) atoms. The molecule has 2 rings (SSSR count). The van der Waals surface area contributed by atoms with Crippen molar-refractivity contribution < 1.29 is 0 Å². The molecule has 0 aromatic heterocycles. The monoisotopic (exact) mass is 296 g/mol. The average molecular weight is 297 g/mol. The Morgan fingerprint density at radius 3 is 2.76 bits per heavy atom. The topological polar surface area (TPSA) is 6.48 Å². The lowest BCUT2D eigenvalue weighted by molar-refractivity contribution is 0.213. The Kier molecular flexibility index (Phi) is 4.46. The van der Waals surface area contributed by atoms with Crippen LogP contribution in [0.25, 0.3) is 0 Å². The van der Waals surface area contributed by atoms with Gasteiger partial charge in [-0.05, 0) is 25.1 Å². The van der Waals surface area contributed by atoms with Gasteiger partial charge in [-0.25, -0.2) is 0 Å². The van der Waals surface area contributed by atoms with Gasteiger partial charge < -0.3 is 4.90 Å².